The number of fused-ring (bicyclic) bond motifs is 6. The third kappa shape index (κ3) is 4.07. The van der Waals surface area contributed by atoms with Crippen molar-refractivity contribution >= 4 is 43.6 Å². The Bertz CT molecular complexity index is 2760. The summed E-state index contributed by atoms with van der Waals surface area (Å²) < 4.78 is 4.57. The van der Waals surface area contributed by atoms with Gasteiger partial charge >= 0.3 is 0 Å². The van der Waals surface area contributed by atoms with Gasteiger partial charge in [-0.25, -0.2) is 0 Å². The Labute approximate surface area is 277 Å². The lowest BCUT2D eigenvalue weighted by atomic mass is 9.92. The molecule has 0 N–H and O–H groups in total. The molecule has 0 saturated heterocycles. The van der Waals surface area contributed by atoms with Gasteiger partial charge in [0, 0.05) is 32.8 Å². The van der Waals surface area contributed by atoms with Crippen molar-refractivity contribution < 1.29 is 0 Å². The van der Waals surface area contributed by atoms with Crippen LogP contribution in [0.4, 0.5) is 0 Å². The van der Waals surface area contributed by atoms with E-state index in [2.05, 4.69) is 137 Å². The van der Waals surface area contributed by atoms with E-state index in [1.165, 1.54) is 10.8 Å². The largest absolute Gasteiger partial charge is 0.309 e. The van der Waals surface area contributed by atoms with Gasteiger partial charge < -0.3 is 9.13 Å². The summed E-state index contributed by atoms with van der Waals surface area (Å²) in [7, 11) is 0. The second-order valence-corrected chi connectivity index (χ2v) is 12.0. The summed E-state index contributed by atoms with van der Waals surface area (Å²) in [5.41, 5.74) is 11.6. The van der Waals surface area contributed by atoms with Crippen LogP contribution in [-0.4, -0.2) is 9.13 Å². The maximum atomic E-state index is 10.0. The number of hydrogen-bond donors (Lipinski definition) is 0. The van der Waals surface area contributed by atoms with Crippen molar-refractivity contribution in [3.05, 3.63) is 169 Å². The highest BCUT2D eigenvalue weighted by Gasteiger charge is 2.20. The molecule has 2 aromatic heterocycles. The van der Waals surface area contributed by atoms with Gasteiger partial charge in [-0.05, 0) is 77.4 Å². The maximum Gasteiger partial charge on any atom is 0.0998 e. The standard InChI is InChI=1S/C44H26N4/c45-27-29-23-24-42(48-41-21-8-5-18-37(41)44-31(28-46)12-10-22-43(44)48)38(25-29)34-15-2-1-14-33(34)30-11-9-13-32(26-30)47-39-19-6-3-16-35(39)36-17-4-7-20-40(36)47/h1-26H. The van der Waals surface area contributed by atoms with Crippen molar-refractivity contribution in [3.63, 3.8) is 0 Å². The van der Waals surface area contributed by atoms with Crippen molar-refractivity contribution in [2.75, 3.05) is 0 Å². The zero-order valence-electron chi connectivity index (χ0n) is 25.8. The van der Waals surface area contributed by atoms with E-state index < -0.39 is 0 Å². The average molecular weight is 611 g/mol. The minimum absolute atomic E-state index is 0.584. The third-order valence-corrected chi connectivity index (χ3v) is 9.40. The van der Waals surface area contributed by atoms with Gasteiger partial charge in [0.05, 0.1) is 51.0 Å². The molecule has 0 bridgehead atoms. The first kappa shape index (κ1) is 27.4. The van der Waals surface area contributed by atoms with Crippen molar-refractivity contribution in [2.24, 2.45) is 0 Å². The highest BCUT2D eigenvalue weighted by molar-refractivity contribution is 6.12. The Kier molecular flexibility index (Phi) is 6.22. The first-order chi connectivity index (χ1) is 23.7. The lowest BCUT2D eigenvalue weighted by Gasteiger charge is -2.18. The molecule has 0 spiro atoms. The molecule has 0 unspecified atom stereocenters. The summed E-state index contributed by atoms with van der Waals surface area (Å²) in [4.78, 5) is 0. The smallest absolute Gasteiger partial charge is 0.0998 e. The SMILES string of the molecule is N#Cc1ccc(-n2c3ccccc3c3c(C#N)cccc32)c(-c2ccccc2-c2cccc(-n3c4ccccc4c4ccccc43)c2)c1. The predicted octanol–water partition coefficient (Wildman–Crippen LogP) is 11.0. The summed E-state index contributed by atoms with van der Waals surface area (Å²) >= 11 is 0. The first-order valence-electron chi connectivity index (χ1n) is 15.9. The van der Waals surface area contributed by atoms with Crippen molar-refractivity contribution in [1.29, 1.82) is 10.5 Å². The van der Waals surface area contributed by atoms with Gasteiger partial charge in [-0.3, -0.25) is 0 Å². The van der Waals surface area contributed by atoms with Crippen molar-refractivity contribution in [2.45, 2.75) is 0 Å². The van der Waals surface area contributed by atoms with Crippen LogP contribution >= 0.6 is 0 Å². The lowest BCUT2D eigenvalue weighted by Crippen LogP contribution is -1.99. The van der Waals surface area contributed by atoms with Gasteiger partial charge in [0.25, 0.3) is 0 Å². The Morgan fingerprint density at radius 1 is 0.417 bits per heavy atom. The van der Waals surface area contributed by atoms with Crippen molar-refractivity contribution in [3.8, 4) is 45.8 Å². The topological polar surface area (TPSA) is 57.4 Å². The molecule has 0 aliphatic rings. The van der Waals surface area contributed by atoms with E-state index >= 15 is 0 Å². The van der Waals surface area contributed by atoms with Crippen LogP contribution in [0.1, 0.15) is 11.1 Å². The van der Waals surface area contributed by atoms with E-state index in [1.807, 2.05) is 42.5 Å². The molecule has 9 rings (SSSR count). The summed E-state index contributed by atoms with van der Waals surface area (Å²) in [5, 5.41) is 24.5. The number of aromatic nitrogens is 2. The fourth-order valence-electron chi connectivity index (χ4n) is 7.37. The quantitative estimate of drug-likeness (QED) is 0.199. The van der Waals surface area contributed by atoms with E-state index in [1.54, 1.807) is 0 Å². The van der Waals surface area contributed by atoms with Crippen LogP contribution in [0, 0.1) is 22.7 Å². The lowest BCUT2D eigenvalue weighted by molar-refractivity contribution is 1.18. The normalized spacial score (nSPS) is 11.3. The number of para-hydroxylation sites is 3. The van der Waals surface area contributed by atoms with Crippen LogP contribution in [-0.2, 0) is 0 Å². The summed E-state index contributed by atoms with van der Waals surface area (Å²) in [6.45, 7) is 0. The molecule has 0 amide bonds. The molecule has 0 atom stereocenters. The summed E-state index contributed by atoms with van der Waals surface area (Å²) in [6.07, 6.45) is 0. The van der Waals surface area contributed by atoms with Crippen LogP contribution < -0.4 is 0 Å². The van der Waals surface area contributed by atoms with Gasteiger partial charge in [0.15, 0.2) is 0 Å². The fraction of sp³-hybridized carbons (Fsp3) is 0. The monoisotopic (exact) mass is 610 g/mol. The Balaban J connectivity index is 1.30. The highest BCUT2D eigenvalue weighted by Crippen LogP contribution is 2.41. The first-order valence-corrected chi connectivity index (χ1v) is 15.9. The highest BCUT2D eigenvalue weighted by atomic mass is 15.0. The van der Waals surface area contributed by atoms with Gasteiger partial charge in [0.1, 0.15) is 0 Å². The molecular weight excluding hydrogens is 585 g/mol. The van der Waals surface area contributed by atoms with Crippen LogP contribution in [0.3, 0.4) is 0 Å². The predicted molar refractivity (Wildman–Crippen MR) is 195 cm³/mol. The fourth-order valence-corrected chi connectivity index (χ4v) is 7.37. The molecule has 0 aliphatic heterocycles. The minimum atomic E-state index is 0.584. The molecule has 4 nitrogen and oxygen atoms in total. The van der Waals surface area contributed by atoms with E-state index in [4.69, 9.17) is 0 Å². The van der Waals surface area contributed by atoms with Gasteiger partial charge in [-0.1, -0.05) is 97.1 Å². The number of benzene rings is 7. The number of nitriles is 2. The van der Waals surface area contributed by atoms with E-state index in [-0.39, 0.29) is 0 Å². The Hall–Kier alpha value is -6.88. The Morgan fingerprint density at radius 3 is 1.73 bits per heavy atom. The van der Waals surface area contributed by atoms with Crippen LogP contribution in [0.25, 0.3) is 77.2 Å². The molecule has 2 heterocycles. The number of hydrogen-bond acceptors (Lipinski definition) is 2. The van der Waals surface area contributed by atoms with Gasteiger partial charge in [-0.2, -0.15) is 10.5 Å². The van der Waals surface area contributed by atoms with Crippen LogP contribution in [0.5, 0.6) is 0 Å². The molecule has 0 aliphatic carbocycles. The molecule has 4 heteroatoms. The molecule has 0 saturated carbocycles. The van der Waals surface area contributed by atoms with Crippen molar-refractivity contribution in [1.82, 2.24) is 9.13 Å². The van der Waals surface area contributed by atoms with Gasteiger partial charge in [-0.15, -0.1) is 0 Å². The number of nitrogens with zero attached hydrogens (tertiary/aromatic N) is 4. The van der Waals surface area contributed by atoms with Crippen LogP contribution in [0.2, 0.25) is 0 Å². The van der Waals surface area contributed by atoms with E-state index in [0.29, 0.717) is 11.1 Å². The maximum absolute atomic E-state index is 10.0. The average Bonchev–Trinajstić information content (AvgIpc) is 3.68. The van der Waals surface area contributed by atoms with E-state index in [0.717, 1.165) is 66.5 Å². The third-order valence-electron chi connectivity index (χ3n) is 9.40. The summed E-state index contributed by atoms with van der Waals surface area (Å²) in [5.74, 6) is 0. The molecule has 0 radical (unpaired) electrons. The van der Waals surface area contributed by atoms with Gasteiger partial charge in [0.2, 0.25) is 0 Å². The molecule has 222 valence electrons. The Morgan fingerprint density at radius 2 is 1.02 bits per heavy atom. The zero-order valence-corrected chi connectivity index (χ0v) is 25.8. The molecule has 48 heavy (non-hydrogen) atoms. The second kappa shape index (κ2) is 10.9. The molecule has 7 aromatic carbocycles. The second-order valence-electron chi connectivity index (χ2n) is 12.0. The molecular formula is C44H26N4. The summed E-state index contributed by atoms with van der Waals surface area (Å²) in [6, 6.07) is 59.0. The van der Waals surface area contributed by atoms with E-state index in [9.17, 15) is 10.5 Å². The molecule has 0 fully saturated rings. The minimum Gasteiger partial charge on any atom is -0.309 e. The van der Waals surface area contributed by atoms with Crippen LogP contribution in [0.15, 0.2) is 158 Å². The zero-order chi connectivity index (χ0) is 32.2. The number of rotatable bonds is 4. The molecule has 9 aromatic rings.